The van der Waals surface area contributed by atoms with Crippen LogP contribution in [0.2, 0.25) is 0 Å². The van der Waals surface area contributed by atoms with E-state index >= 15 is 0 Å². The van der Waals surface area contributed by atoms with Gasteiger partial charge in [0.05, 0.1) is 5.69 Å². The first kappa shape index (κ1) is 11.4. The third-order valence-electron chi connectivity index (χ3n) is 1.92. The van der Waals surface area contributed by atoms with Crippen LogP contribution in [0.3, 0.4) is 0 Å². The molecule has 0 unspecified atom stereocenters. The van der Waals surface area contributed by atoms with Crippen molar-refractivity contribution in [3.05, 3.63) is 36.4 Å². The number of benzene rings is 1. The van der Waals surface area contributed by atoms with Gasteiger partial charge in [-0.3, -0.25) is 0 Å². The van der Waals surface area contributed by atoms with Crippen LogP contribution in [-0.2, 0) is 0 Å². The zero-order chi connectivity index (χ0) is 12.5. The van der Waals surface area contributed by atoms with Crippen LogP contribution in [0.5, 0.6) is 5.75 Å². The van der Waals surface area contributed by atoms with Crippen molar-refractivity contribution in [2.24, 2.45) is 0 Å². The average molecular weight is 243 g/mol. The Hall–Kier alpha value is -2.05. The fourth-order valence-corrected chi connectivity index (χ4v) is 1.29. The van der Waals surface area contributed by atoms with Crippen molar-refractivity contribution >= 4 is 0 Å². The Bertz CT molecular complexity index is 522. The highest BCUT2D eigenvalue weighted by Gasteiger charge is 2.31. The van der Waals surface area contributed by atoms with Gasteiger partial charge < -0.3 is 4.74 Å². The molecule has 0 bridgehead atoms. The Morgan fingerprint density at radius 1 is 1.29 bits per heavy atom. The van der Waals surface area contributed by atoms with Gasteiger partial charge >= 0.3 is 6.36 Å². The smallest absolute Gasteiger partial charge is 0.406 e. The molecule has 7 heteroatoms. The second-order valence-electron chi connectivity index (χ2n) is 3.28. The summed E-state index contributed by atoms with van der Waals surface area (Å²) in [6.07, 6.45) is -3.28. The largest absolute Gasteiger partial charge is 0.573 e. The molecular weight excluding hydrogens is 235 g/mol. The second-order valence-corrected chi connectivity index (χ2v) is 3.28. The maximum absolute atomic E-state index is 12.0. The highest BCUT2D eigenvalue weighted by molar-refractivity contribution is 5.38. The van der Waals surface area contributed by atoms with Crippen molar-refractivity contribution in [3.8, 4) is 11.4 Å². The first-order valence-corrected chi connectivity index (χ1v) is 4.68. The van der Waals surface area contributed by atoms with Gasteiger partial charge in [0, 0.05) is 6.07 Å². The zero-order valence-corrected chi connectivity index (χ0v) is 8.77. The van der Waals surface area contributed by atoms with Gasteiger partial charge in [-0.2, -0.15) is 5.10 Å². The monoisotopic (exact) mass is 243 g/mol. The molecule has 2 rings (SSSR count). The number of halogens is 3. The van der Waals surface area contributed by atoms with Gasteiger partial charge in [-0.05, 0) is 19.1 Å². The lowest BCUT2D eigenvalue weighted by atomic mass is 10.3. The van der Waals surface area contributed by atoms with E-state index in [2.05, 4.69) is 14.8 Å². The van der Waals surface area contributed by atoms with Crippen LogP contribution in [0.25, 0.3) is 5.69 Å². The standard InChI is InChI=1S/C10H8F3N3O/c1-7-14-6-16(15-7)8-3-2-4-9(5-8)17-10(11,12)13/h2-6H,1H3. The molecule has 17 heavy (non-hydrogen) atoms. The molecule has 0 saturated heterocycles. The molecule has 0 atom stereocenters. The number of ether oxygens (including phenoxy) is 1. The Morgan fingerprint density at radius 3 is 2.65 bits per heavy atom. The molecule has 0 N–H and O–H groups in total. The predicted octanol–water partition coefficient (Wildman–Crippen LogP) is 2.47. The summed E-state index contributed by atoms with van der Waals surface area (Å²) >= 11 is 0. The van der Waals surface area contributed by atoms with Gasteiger partial charge in [-0.25, -0.2) is 9.67 Å². The van der Waals surface area contributed by atoms with E-state index in [1.165, 1.54) is 29.2 Å². The van der Waals surface area contributed by atoms with E-state index in [-0.39, 0.29) is 5.75 Å². The van der Waals surface area contributed by atoms with Crippen LogP contribution in [0, 0.1) is 6.92 Å². The summed E-state index contributed by atoms with van der Waals surface area (Å²) in [4.78, 5) is 3.89. The lowest BCUT2D eigenvalue weighted by molar-refractivity contribution is -0.274. The molecule has 0 fully saturated rings. The van der Waals surface area contributed by atoms with Crippen molar-refractivity contribution in [2.45, 2.75) is 13.3 Å². The molecule has 4 nitrogen and oxygen atoms in total. The normalized spacial score (nSPS) is 11.5. The summed E-state index contributed by atoms with van der Waals surface area (Å²) < 4.78 is 41.3. The Balaban J connectivity index is 2.29. The van der Waals surface area contributed by atoms with Crippen LogP contribution >= 0.6 is 0 Å². The molecule has 0 amide bonds. The van der Waals surface area contributed by atoms with E-state index in [1.807, 2.05) is 0 Å². The third kappa shape index (κ3) is 2.96. The number of aromatic nitrogens is 3. The van der Waals surface area contributed by atoms with Gasteiger partial charge in [-0.1, -0.05) is 6.07 Å². The van der Waals surface area contributed by atoms with Gasteiger partial charge in [0.15, 0.2) is 0 Å². The highest BCUT2D eigenvalue weighted by atomic mass is 19.4. The van der Waals surface area contributed by atoms with Crippen molar-refractivity contribution in [2.75, 3.05) is 0 Å². The number of hydrogen-bond acceptors (Lipinski definition) is 3. The van der Waals surface area contributed by atoms with Crippen LogP contribution in [0.1, 0.15) is 5.82 Å². The molecule has 1 aromatic carbocycles. The molecule has 0 aliphatic carbocycles. The molecule has 0 aliphatic rings. The minimum absolute atomic E-state index is 0.289. The number of aryl methyl sites for hydroxylation is 1. The fourth-order valence-electron chi connectivity index (χ4n) is 1.29. The van der Waals surface area contributed by atoms with E-state index < -0.39 is 6.36 Å². The Kier molecular flexibility index (Phi) is 2.74. The van der Waals surface area contributed by atoms with Crippen molar-refractivity contribution in [3.63, 3.8) is 0 Å². The summed E-state index contributed by atoms with van der Waals surface area (Å²) in [5, 5.41) is 3.99. The number of alkyl halides is 3. The average Bonchev–Trinajstić information content (AvgIpc) is 2.63. The maximum Gasteiger partial charge on any atom is 0.573 e. The maximum atomic E-state index is 12.0. The topological polar surface area (TPSA) is 39.9 Å². The van der Waals surface area contributed by atoms with Crippen molar-refractivity contribution in [1.29, 1.82) is 0 Å². The van der Waals surface area contributed by atoms with Gasteiger partial charge in [-0.15, -0.1) is 13.2 Å². The third-order valence-corrected chi connectivity index (χ3v) is 1.92. The molecule has 1 aromatic heterocycles. The molecule has 90 valence electrons. The first-order valence-electron chi connectivity index (χ1n) is 4.68. The molecule has 0 radical (unpaired) electrons. The fraction of sp³-hybridized carbons (Fsp3) is 0.200. The summed E-state index contributed by atoms with van der Waals surface area (Å²) in [5.41, 5.74) is 0.451. The highest BCUT2D eigenvalue weighted by Crippen LogP contribution is 2.24. The Morgan fingerprint density at radius 2 is 2.06 bits per heavy atom. The van der Waals surface area contributed by atoms with E-state index in [9.17, 15) is 13.2 Å². The van der Waals surface area contributed by atoms with Crippen LogP contribution < -0.4 is 4.74 Å². The van der Waals surface area contributed by atoms with Crippen molar-refractivity contribution in [1.82, 2.24) is 14.8 Å². The summed E-state index contributed by atoms with van der Waals surface area (Å²) in [7, 11) is 0. The minimum atomic E-state index is -4.70. The van der Waals surface area contributed by atoms with Gasteiger partial charge in [0.25, 0.3) is 0 Å². The number of rotatable bonds is 2. The molecule has 0 saturated carbocycles. The molecule has 0 aliphatic heterocycles. The van der Waals surface area contributed by atoms with E-state index in [0.29, 0.717) is 11.5 Å². The number of hydrogen-bond donors (Lipinski definition) is 0. The second kappa shape index (κ2) is 4.08. The predicted molar refractivity (Wildman–Crippen MR) is 52.8 cm³/mol. The van der Waals surface area contributed by atoms with Crippen LogP contribution in [0.4, 0.5) is 13.2 Å². The molecule has 2 aromatic rings. The van der Waals surface area contributed by atoms with E-state index in [4.69, 9.17) is 0 Å². The molecule has 0 spiro atoms. The molecule has 1 heterocycles. The number of nitrogens with zero attached hydrogens (tertiary/aromatic N) is 3. The lowest BCUT2D eigenvalue weighted by Crippen LogP contribution is -2.17. The minimum Gasteiger partial charge on any atom is -0.406 e. The van der Waals surface area contributed by atoms with Gasteiger partial charge in [0.2, 0.25) is 0 Å². The quantitative estimate of drug-likeness (QED) is 0.813. The first-order chi connectivity index (χ1) is 7.94. The van der Waals surface area contributed by atoms with Gasteiger partial charge in [0.1, 0.15) is 17.9 Å². The van der Waals surface area contributed by atoms with E-state index in [0.717, 1.165) is 0 Å². The lowest BCUT2D eigenvalue weighted by Gasteiger charge is -2.09. The summed E-state index contributed by atoms with van der Waals surface area (Å²) in [6.45, 7) is 1.69. The summed E-state index contributed by atoms with van der Waals surface area (Å²) in [6, 6.07) is 5.52. The van der Waals surface area contributed by atoms with Crippen LogP contribution in [0.15, 0.2) is 30.6 Å². The van der Waals surface area contributed by atoms with Crippen molar-refractivity contribution < 1.29 is 17.9 Å². The van der Waals surface area contributed by atoms with E-state index in [1.54, 1.807) is 13.0 Å². The SMILES string of the molecule is Cc1ncn(-c2cccc(OC(F)(F)F)c2)n1. The summed E-state index contributed by atoms with van der Waals surface area (Å²) in [5.74, 6) is 0.246. The zero-order valence-electron chi connectivity index (χ0n) is 8.77. The van der Waals surface area contributed by atoms with Crippen LogP contribution in [-0.4, -0.2) is 21.1 Å². The molecular formula is C10H8F3N3O. The Labute approximate surface area is 94.7 Å².